The molecule has 27 heavy (non-hydrogen) atoms. The first-order valence-electron chi connectivity index (χ1n) is 9.69. The second kappa shape index (κ2) is 8.42. The monoisotopic (exact) mass is 369 g/mol. The number of anilines is 2. The van der Waals surface area contributed by atoms with Gasteiger partial charge in [-0.3, -0.25) is 4.79 Å². The van der Waals surface area contributed by atoms with Crippen molar-refractivity contribution in [3.05, 3.63) is 59.4 Å². The third-order valence-corrected chi connectivity index (χ3v) is 5.32. The molecule has 144 valence electrons. The van der Waals surface area contributed by atoms with E-state index in [0.29, 0.717) is 13.1 Å². The Balaban J connectivity index is 1.67. The number of halogens is 1. The van der Waals surface area contributed by atoms with Gasteiger partial charge in [0.05, 0.1) is 5.56 Å². The van der Waals surface area contributed by atoms with Gasteiger partial charge in [-0.2, -0.15) is 0 Å². The van der Waals surface area contributed by atoms with E-state index in [1.54, 1.807) is 23.1 Å². The molecule has 1 amide bonds. The minimum Gasteiger partial charge on any atom is -0.372 e. The third-order valence-electron chi connectivity index (χ3n) is 5.32. The Labute approximate surface area is 161 Å². The van der Waals surface area contributed by atoms with Crippen LogP contribution in [0.4, 0.5) is 15.8 Å². The Morgan fingerprint density at radius 1 is 1.04 bits per heavy atom. The maximum absolute atomic E-state index is 13.9. The van der Waals surface area contributed by atoms with Crippen molar-refractivity contribution in [3.63, 3.8) is 0 Å². The highest BCUT2D eigenvalue weighted by Gasteiger charge is 2.24. The van der Waals surface area contributed by atoms with Crippen molar-refractivity contribution >= 4 is 17.3 Å². The minimum atomic E-state index is -0.451. The van der Waals surface area contributed by atoms with Crippen LogP contribution in [0.25, 0.3) is 0 Å². The summed E-state index contributed by atoms with van der Waals surface area (Å²) in [6.45, 7) is 11.2. The van der Waals surface area contributed by atoms with E-state index >= 15 is 0 Å². The summed E-state index contributed by atoms with van der Waals surface area (Å²) >= 11 is 0. The maximum Gasteiger partial charge on any atom is 0.256 e. The van der Waals surface area contributed by atoms with Gasteiger partial charge in [-0.1, -0.05) is 12.1 Å². The second-order valence-electron chi connectivity index (χ2n) is 6.90. The third kappa shape index (κ3) is 4.07. The molecule has 0 N–H and O–H groups in total. The second-order valence-corrected chi connectivity index (χ2v) is 6.90. The first-order chi connectivity index (χ1) is 13.0. The van der Waals surface area contributed by atoms with E-state index in [1.807, 2.05) is 0 Å². The number of benzene rings is 2. The van der Waals surface area contributed by atoms with Gasteiger partial charge < -0.3 is 14.7 Å². The predicted molar refractivity (Wildman–Crippen MR) is 109 cm³/mol. The number of carbonyl (C=O) groups excluding carboxylic acids is 1. The lowest BCUT2D eigenvalue weighted by Gasteiger charge is -2.37. The van der Waals surface area contributed by atoms with E-state index in [1.165, 1.54) is 23.0 Å². The van der Waals surface area contributed by atoms with Gasteiger partial charge in [-0.05, 0) is 56.7 Å². The quantitative estimate of drug-likeness (QED) is 0.799. The molecule has 0 atom stereocenters. The molecule has 1 saturated heterocycles. The first kappa shape index (κ1) is 19.2. The van der Waals surface area contributed by atoms with Crippen LogP contribution in [0, 0.1) is 12.7 Å². The molecule has 1 fully saturated rings. The van der Waals surface area contributed by atoms with E-state index in [0.717, 1.165) is 26.2 Å². The highest BCUT2D eigenvalue weighted by molar-refractivity contribution is 5.94. The van der Waals surface area contributed by atoms with Gasteiger partial charge in [0.25, 0.3) is 5.91 Å². The van der Waals surface area contributed by atoms with Crippen LogP contribution in [-0.4, -0.2) is 50.1 Å². The molecule has 2 aromatic rings. The molecule has 0 unspecified atom stereocenters. The summed E-state index contributed by atoms with van der Waals surface area (Å²) in [6, 6.07) is 12.8. The molecule has 5 heteroatoms. The lowest BCUT2D eigenvalue weighted by Crippen LogP contribution is -2.49. The summed E-state index contributed by atoms with van der Waals surface area (Å²) in [7, 11) is 0. The number of hydrogen-bond donors (Lipinski definition) is 0. The average Bonchev–Trinajstić information content (AvgIpc) is 2.69. The molecular formula is C22H28FN3O. The zero-order valence-corrected chi connectivity index (χ0v) is 16.4. The fourth-order valence-electron chi connectivity index (χ4n) is 3.74. The molecule has 3 rings (SSSR count). The Morgan fingerprint density at radius 3 is 2.30 bits per heavy atom. The molecule has 1 aliphatic heterocycles. The van der Waals surface area contributed by atoms with Crippen LogP contribution >= 0.6 is 0 Å². The molecule has 4 nitrogen and oxygen atoms in total. The topological polar surface area (TPSA) is 26.8 Å². The summed E-state index contributed by atoms with van der Waals surface area (Å²) in [5.41, 5.74) is 3.86. The van der Waals surface area contributed by atoms with Crippen LogP contribution in [-0.2, 0) is 0 Å². The van der Waals surface area contributed by atoms with Crippen molar-refractivity contribution in [1.29, 1.82) is 0 Å². The van der Waals surface area contributed by atoms with Crippen molar-refractivity contribution < 1.29 is 9.18 Å². The van der Waals surface area contributed by atoms with Gasteiger partial charge in [0.1, 0.15) is 5.82 Å². The number of hydrogen-bond acceptors (Lipinski definition) is 3. The van der Waals surface area contributed by atoms with Crippen molar-refractivity contribution in [1.82, 2.24) is 4.90 Å². The van der Waals surface area contributed by atoms with Crippen LogP contribution in [0.15, 0.2) is 42.5 Å². The Morgan fingerprint density at radius 2 is 1.70 bits per heavy atom. The van der Waals surface area contributed by atoms with E-state index < -0.39 is 5.82 Å². The van der Waals surface area contributed by atoms with Gasteiger partial charge in [-0.15, -0.1) is 0 Å². The number of amides is 1. The van der Waals surface area contributed by atoms with Crippen LogP contribution in [0.5, 0.6) is 0 Å². The molecule has 0 radical (unpaired) electrons. The van der Waals surface area contributed by atoms with Gasteiger partial charge in [0, 0.05) is 50.6 Å². The number of rotatable bonds is 5. The number of nitrogens with zero attached hydrogens (tertiary/aromatic N) is 3. The lowest BCUT2D eigenvalue weighted by atomic mass is 10.1. The molecule has 1 aliphatic rings. The molecular weight excluding hydrogens is 341 g/mol. The Hall–Kier alpha value is -2.56. The summed E-state index contributed by atoms with van der Waals surface area (Å²) in [5, 5.41) is 0. The van der Waals surface area contributed by atoms with E-state index in [2.05, 4.69) is 48.8 Å². The van der Waals surface area contributed by atoms with Crippen molar-refractivity contribution in [2.24, 2.45) is 0 Å². The zero-order valence-electron chi connectivity index (χ0n) is 16.4. The van der Waals surface area contributed by atoms with E-state index in [9.17, 15) is 9.18 Å². The summed E-state index contributed by atoms with van der Waals surface area (Å²) in [6.07, 6.45) is 0. The van der Waals surface area contributed by atoms with E-state index in [4.69, 9.17) is 0 Å². The number of carbonyl (C=O) groups is 1. The highest BCUT2D eigenvalue weighted by Crippen LogP contribution is 2.27. The highest BCUT2D eigenvalue weighted by atomic mass is 19.1. The smallest absolute Gasteiger partial charge is 0.256 e. The minimum absolute atomic E-state index is 0.158. The fourth-order valence-corrected chi connectivity index (χ4v) is 3.74. The first-order valence-corrected chi connectivity index (χ1v) is 9.69. The van der Waals surface area contributed by atoms with Gasteiger partial charge in [0.15, 0.2) is 0 Å². The van der Waals surface area contributed by atoms with Crippen molar-refractivity contribution in [3.8, 4) is 0 Å². The largest absolute Gasteiger partial charge is 0.372 e. The predicted octanol–water partition coefficient (Wildman–Crippen LogP) is 3.94. The van der Waals surface area contributed by atoms with Crippen molar-refractivity contribution in [2.75, 3.05) is 49.1 Å². The standard InChI is InChI=1S/C22H28FN3O/c1-4-24(5-2)18-10-11-21(17(3)16-18)25-12-14-26(15-13-25)22(27)19-8-6-7-9-20(19)23/h6-11,16H,4-5,12-15H2,1-3H3. The number of aryl methyl sites for hydroxylation is 1. The van der Waals surface area contributed by atoms with E-state index in [-0.39, 0.29) is 11.5 Å². The summed E-state index contributed by atoms with van der Waals surface area (Å²) < 4.78 is 13.9. The molecule has 2 aromatic carbocycles. The Bertz CT molecular complexity index is 796. The van der Waals surface area contributed by atoms with Gasteiger partial charge in [0.2, 0.25) is 0 Å². The average molecular weight is 369 g/mol. The zero-order chi connectivity index (χ0) is 19.4. The molecule has 0 bridgehead atoms. The molecule has 0 saturated carbocycles. The normalized spacial score (nSPS) is 14.4. The maximum atomic E-state index is 13.9. The molecule has 1 heterocycles. The van der Waals surface area contributed by atoms with Crippen molar-refractivity contribution in [2.45, 2.75) is 20.8 Å². The number of piperazine rings is 1. The summed E-state index contributed by atoms with van der Waals surface area (Å²) in [4.78, 5) is 19.0. The van der Waals surface area contributed by atoms with Crippen LogP contribution in [0.3, 0.4) is 0 Å². The fraction of sp³-hybridized carbons (Fsp3) is 0.409. The molecule has 0 aliphatic carbocycles. The Kier molecular flexibility index (Phi) is 5.99. The van der Waals surface area contributed by atoms with Crippen LogP contribution in [0.2, 0.25) is 0 Å². The SMILES string of the molecule is CCN(CC)c1ccc(N2CCN(C(=O)c3ccccc3F)CC2)c(C)c1. The summed E-state index contributed by atoms with van der Waals surface area (Å²) in [5.74, 6) is -0.672. The van der Waals surface area contributed by atoms with Crippen LogP contribution in [0.1, 0.15) is 29.8 Å². The lowest BCUT2D eigenvalue weighted by molar-refractivity contribution is 0.0742. The van der Waals surface area contributed by atoms with Gasteiger partial charge >= 0.3 is 0 Å². The molecule has 0 spiro atoms. The van der Waals surface area contributed by atoms with Gasteiger partial charge in [-0.25, -0.2) is 4.39 Å². The van der Waals surface area contributed by atoms with Crippen LogP contribution < -0.4 is 9.80 Å². The molecule has 0 aromatic heterocycles.